The van der Waals surface area contributed by atoms with Crippen molar-refractivity contribution < 1.29 is 17.8 Å². The van der Waals surface area contributed by atoms with Crippen molar-refractivity contribution >= 4 is 16.0 Å². The van der Waals surface area contributed by atoms with Gasteiger partial charge in [-0.05, 0) is 39.7 Å². The minimum Gasteiger partial charge on any atom is -0.342 e. The van der Waals surface area contributed by atoms with E-state index in [2.05, 4.69) is 0 Å². The SMILES string of the molecule is CC(CCCS(=O)(=O)O)=C(C)C(=O)N(C)CCCN. The molecule has 0 aliphatic carbocycles. The number of allylic oxidation sites excluding steroid dienone is 1. The van der Waals surface area contributed by atoms with Crippen LogP contribution in [0.5, 0.6) is 0 Å². The van der Waals surface area contributed by atoms with Gasteiger partial charge in [0.2, 0.25) is 5.91 Å². The Hall–Kier alpha value is -0.920. The summed E-state index contributed by atoms with van der Waals surface area (Å²) in [7, 11) is -2.21. The van der Waals surface area contributed by atoms with Gasteiger partial charge in [-0.15, -0.1) is 0 Å². The molecule has 0 fully saturated rings. The molecule has 1 amide bonds. The fourth-order valence-electron chi connectivity index (χ4n) is 1.61. The van der Waals surface area contributed by atoms with Crippen LogP contribution < -0.4 is 5.73 Å². The van der Waals surface area contributed by atoms with Crippen molar-refractivity contribution in [2.24, 2.45) is 5.73 Å². The summed E-state index contributed by atoms with van der Waals surface area (Å²) in [5, 5.41) is 0. The van der Waals surface area contributed by atoms with Crippen LogP contribution in [0.2, 0.25) is 0 Å². The van der Waals surface area contributed by atoms with E-state index in [9.17, 15) is 13.2 Å². The van der Waals surface area contributed by atoms with Crippen LogP contribution in [-0.2, 0) is 14.9 Å². The Kier molecular flexibility index (Phi) is 7.89. The maximum Gasteiger partial charge on any atom is 0.264 e. The Labute approximate surface area is 115 Å². The third kappa shape index (κ3) is 7.97. The quantitative estimate of drug-likeness (QED) is 0.509. The molecule has 19 heavy (non-hydrogen) atoms. The van der Waals surface area contributed by atoms with Crippen LogP contribution in [0.25, 0.3) is 0 Å². The number of nitrogens with two attached hydrogens (primary N) is 1. The van der Waals surface area contributed by atoms with Gasteiger partial charge in [0.05, 0.1) is 5.75 Å². The molecular formula is C12H24N2O4S. The molecule has 0 aromatic carbocycles. The zero-order valence-electron chi connectivity index (χ0n) is 11.8. The van der Waals surface area contributed by atoms with E-state index in [1.54, 1.807) is 25.8 Å². The van der Waals surface area contributed by atoms with Crippen LogP contribution in [0.4, 0.5) is 0 Å². The highest BCUT2D eigenvalue weighted by Gasteiger charge is 2.13. The van der Waals surface area contributed by atoms with Crippen LogP contribution in [0, 0.1) is 0 Å². The van der Waals surface area contributed by atoms with Gasteiger partial charge in [-0.25, -0.2) is 0 Å². The minimum atomic E-state index is -3.93. The summed E-state index contributed by atoms with van der Waals surface area (Å²) >= 11 is 0. The fraction of sp³-hybridized carbons (Fsp3) is 0.750. The lowest BCUT2D eigenvalue weighted by Gasteiger charge is -2.18. The van der Waals surface area contributed by atoms with Gasteiger partial charge in [0, 0.05) is 19.2 Å². The first-order valence-electron chi connectivity index (χ1n) is 6.26. The third-order valence-electron chi connectivity index (χ3n) is 2.96. The Morgan fingerprint density at radius 1 is 1.26 bits per heavy atom. The fourth-order valence-corrected chi connectivity index (χ4v) is 2.12. The molecule has 0 aromatic heterocycles. The molecule has 0 radical (unpaired) electrons. The van der Waals surface area contributed by atoms with Crippen molar-refractivity contribution in [1.82, 2.24) is 4.90 Å². The number of hydrogen-bond donors (Lipinski definition) is 2. The van der Waals surface area contributed by atoms with Crippen molar-refractivity contribution in [2.45, 2.75) is 33.1 Å². The smallest absolute Gasteiger partial charge is 0.264 e. The highest BCUT2D eigenvalue weighted by Crippen LogP contribution is 2.13. The van der Waals surface area contributed by atoms with Gasteiger partial charge in [0.25, 0.3) is 10.1 Å². The lowest BCUT2D eigenvalue weighted by Crippen LogP contribution is -2.30. The normalized spacial score (nSPS) is 13.1. The topological polar surface area (TPSA) is 101 Å². The van der Waals surface area contributed by atoms with Crippen molar-refractivity contribution in [3.05, 3.63) is 11.1 Å². The predicted molar refractivity (Wildman–Crippen MR) is 75.3 cm³/mol. The lowest BCUT2D eigenvalue weighted by atomic mass is 10.1. The van der Waals surface area contributed by atoms with E-state index >= 15 is 0 Å². The van der Waals surface area contributed by atoms with E-state index in [0.717, 1.165) is 12.0 Å². The second-order valence-electron chi connectivity index (χ2n) is 4.66. The van der Waals surface area contributed by atoms with Crippen LogP contribution >= 0.6 is 0 Å². The van der Waals surface area contributed by atoms with Gasteiger partial charge in [-0.2, -0.15) is 8.42 Å². The average molecular weight is 292 g/mol. The van der Waals surface area contributed by atoms with E-state index in [1.807, 2.05) is 0 Å². The molecule has 0 aromatic rings. The van der Waals surface area contributed by atoms with E-state index in [1.165, 1.54) is 0 Å². The summed E-state index contributed by atoms with van der Waals surface area (Å²) in [5.41, 5.74) is 6.85. The van der Waals surface area contributed by atoms with Crippen LogP contribution in [0.15, 0.2) is 11.1 Å². The first-order chi connectivity index (χ1) is 8.69. The number of nitrogens with zero attached hydrogens (tertiary/aromatic N) is 1. The zero-order valence-corrected chi connectivity index (χ0v) is 12.7. The van der Waals surface area contributed by atoms with Crippen LogP contribution in [0.3, 0.4) is 0 Å². The van der Waals surface area contributed by atoms with Crippen molar-refractivity contribution in [2.75, 3.05) is 25.9 Å². The standard InChI is InChI=1S/C12H24N2O4S/c1-10(6-4-9-19(16,17)18)11(2)12(15)14(3)8-5-7-13/h4-9,13H2,1-3H3,(H,16,17,18). The minimum absolute atomic E-state index is 0.0715. The molecule has 3 N–H and O–H groups in total. The molecule has 0 saturated heterocycles. The second-order valence-corrected chi connectivity index (χ2v) is 6.24. The molecule has 0 spiro atoms. The van der Waals surface area contributed by atoms with Gasteiger partial charge >= 0.3 is 0 Å². The second kappa shape index (κ2) is 8.29. The Bertz CT molecular complexity index is 429. The highest BCUT2D eigenvalue weighted by molar-refractivity contribution is 7.85. The molecule has 7 heteroatoms. The zero-order chi connectivity index (χ0) is 15.1. The van der Waals surface area contributed by atoms with Gasteiger partial charge in [0.15, 0.2) is 0 Å². The molecule has 0 bridgehead atoms. The number of rotatable bonds is 8. The molecule has 0 rings (SSSR count). The Balaban J connectivity index is 4.45. The van der Waals surface area contributed by atoms with E-state index in [0.29, 0.717) is 31.5 Å². The summed E-state index contributed by atoms with van der Waals surface area (Å²) < 4.78 is 29.8. The van der Waals surface area contributed by atoms with E-state index in [-0.39, 0.29) is 11.7 Å². The summed E-state index contributed by atoms with van der Waals surface area (Å²) in [4.78, 5) is 13.6. The molecule has 6 nitrogen and oxygen atoms in total. The number of amides is 1. The van der Waals surface area contributed by atoms with Gasteiger partial charge in [-0.3, -0.25) is 9.35 Å². The molecule has 0 aliphatic heterocycles. The monoisotopic (exact) mass is 292 g/mol. The van der Waals surface area contributed by atoms with E-state index < -0.39 is 10.1 Å². The highest BCUT2D eigenvalue weighted by atomic mass is 32.2. The summed E-state index contributed by atoms with van der Waals surface area (Å²) in [6.45, 7) is 4.66. The third-order valence-corrected chi connectivity index (χ3v) is 3.76. The summed E-state index contributed by atoms with van der Waals surface area (Å²) in [6.07, 6.45) is 1.53. The largest absolute Gasteiger partial charge is 0.342 e. The molecule has 112 valence electrons. The molecular weight excluding hydrogens is 268 g/mol. The first kappa shape index (κ1) is 18.1. The number of carbonyl (C=O) groups is 1. The van der Waals surface area contributed by atoms with Gasteiger partial charge in [0.1, 0.15) is 0 Å². The Morgan fingerprint density at radius 2 is 1.84 bits per heavy atom. The number of likely N-dealkylation sites (N-methyl/N-ethyl adjacent to an activating group) is 1. The first-order valence-corrected chi connectivity index (χ1v) is 7.87. The lowest BCUT2D eigenvalue weighted by molar-refractivity contribution is -0.125. The molecule has 0 aliphatic rings. The summed E-state index contributed by atoms with van der Waals surface area (Å²) in [5.74, 6) is -0.354. The molecule has 0 unspecified atom stereocenters. The van der Waals surface area contributed by atoms with Gasteiger partial charge < -0.3 is 10.6 Å². The maximum atomic E-state index is 12.0. The van der Waals surface area contributed by atoms with Crippen LogP contribution in [-0.4, -0.2) is 49.7 Å². The predicted octanol–water partition coefficient (Wildman–Crippen LogP) is 0.798. The van der Waals surface area contributed by atoms with Crippen molar-refractivity contribution in [1.29, 1.82) is 0 Å². The van der Waals surface area contributed by atoms with Crippen molar-refractivity contribution in [3.8, 4) is 0 Å². The van der Waals surface area contributed by atoms with Crippen LogP contribution in [0.1, 0.15) is 33.1 Å². The number of hydrogen-bond acceptors (Lipinski definition) is 4. The van der Waals surface area contributed by atoms with Gasteiger partial charge in [-0.1, -0.05) is 5.57 Å². The number of carbonyl (C=O) groups excluding carboxylic acids is 1. The average Bonchev–Trinajstić information content (AvgIpc) is 2.32. The van der Waals surface area contributed by atoms with Crippen molar-refractivity contribution in [3.63, 3.8) is 0 Å². The molecule has 0 atom stereocenters. The maximum absolute atomic E-state index is 12.0. The molecule has 0 saturated carbocycles. The molecule has 0 heterocycles. The Morgan fingerprint density at radius 3 is 2.32 bits per heavy atom. The van der Waals surface area contributed by atoms with E-state index in [4.69, 9.17) is 10.3 Å². The summed E-state index contributed by atoms with van der Waals surface area (Å²) in [6, 6.07) is 0.